The maximum absolute atomic E-state index is 13.8. The summed E-state index contributed by atoms with van der Waals surface area (Å²) in [6.45, 7) is 3.66. The summed E-state index contributed by atoms with van der Waals surface area (Å²) < 4.78 is 130. The Morgan fingerprint density at radius 1 is 0.525 bits per heavy atom. The molecule has 80 heavy (non-hydrogen) atoms. The fourth-order valence-corrected chi connectivity index (χ4v) is 8.71. The number of benzene rings is 3. The first kappa shape index (κ1) is 59.5. The molecule has 0 saturated carbocycles. The zero-order valence-electron chi connectivity index (χ0n) is 42.0. The van der Waals surface area contributed by atoms with Crippen molar-refractivity contribution in [1.29, 1.82) is 0 Å². The van der Waals surface area contributed by atoms with Gasteiger partial charge in [-0.15, -0.1) is 13.2 Å². The number of carbonyl (C=O) groups is 3. The number of anilines is 3. The molecule has 3 aliphatic heterocycles. The number of hydrogen-bond donors (Lipinski definition) is 3. The van der Waals surface area contributed by atoms with Crippen molar-refractivity contribution in [1.82, 2.24) is 29.7 Å². The average molecular weight is 1160 g/mol. The normalized spacial score (nSPS) is 14.7. The molecule has 0 aliphatic carbocycles. The van der Waals surface area contributed by atoms with Gasteiger partial charge in [-0.2, -0.15) is 26.3 Å². The largest absolute Gasteiger partial charge is 0.573 e. The molecule has 0 unspecified atom stereocenters. The van der Waals surface area contributed by atoms with Gasteiger partial charge in [-0.1, -0.05) is 41.4 Å². The second-order valence-electron chi connectivity index (χ2n) is 17.7. The van der Waals surface area contributed by atoms with Gasteiger partial charge in [0.15, 0.2) is 0 Å². The Morgan fingerprint density at radius 3 is 1.30 bits per heavy atom. The van der Waals surface area contributed by atoms with E-state index in [1.165, 1.54) is 66.6 Å². The van der Waals surface area contributed by atoms with Crippen LogP contribution in [0.3, 0.4) is 0 Å². The van der Waals surface area contributed by atoms with Crippen LogP contribution in [0.5, 0.6) is 5.75 Å². The summed E-state index contributed by atoms with van der Waals surface area (Å²) in [5, 5.41) is 8.97. The van der Waals surface area contributed by atoms with E-state index < -0.39 is 41.7 Å². The van der Waals surface area contributed by atoms with Crippen LogP contribution in [-0.4, -0.2) is 93.4 Å². The Morgan fingerprint density at radius 2 is 0.925 bits per heavy atom. The molecule has 6 amide bonds. The Bertz CT molecular complexity index is 3270. The van der Waals surface area contributed by atoms with E-state index in [4.69, 9.17) is 23.2 Å². The first-order valence-electron chi connectivity index (χ1n) is 24.2. The summed E-state index contributed by atoms with van der Waals surface area (Å²) in [7, 11) is 0. The highest BCUT2D eigenvalue weighted by molar-refractivity contribution is 6.32. The van der Waals surface area contributed by atoms with Crippen molar-refractivity contribution in [2.45, 2.75) is 44.9 Å². The van der Waals surface area contributed by atoms with Gasteiger partial charge in [-0.05, 0) is 152 Å². The maximum Gasteiger partial charge on any atom is 0.573 e. The van der Waals surface area contributed by atoms with Crippen LogP contribution < -0.4 is 20.7 Å². The molecule has 420 valence electrons. The lowest BCUT2D eigenvalue weighted by Gasteiger charge is -2.27. The number of nitrogens with one attached hydrogen (secondary N) is 3. The van der Waals surface area contributed by atoms with Crippen LogP contribution in [0.1, 0.15) is 53.0 Å². The van der Waals surface area contributed by atoms with Crippen LogP contribution in [0.2, 0.25) is 10.0 Å². The SMILES string of the molecule is Cc1cc(NC(=O)N2CC=C(c3ncccc3Cl)CC2)ccc1C(F)(F)F.O=C(Nc1ccc(C(F)(F)F)cc1)N1CC=C(c2ncccc2F)CC1.O=C(Nc1ccc(OC(F)(F)F)cc1)N1CC=C(c2ncccc2Cl)CC1. The lowest BCUT2D eigenvalue weighted by atomic mass is 10.0. The van der Waals surface area contributed by atoms with Crippen LogP contribution in [-0.2, 0) is 12.4 Å². The lowest BCUT2D eigenvalue weighted by Crippen LogP contribution is -2.38. The number of rotatable bonds is 7. The third-order valence-electron chi connectivity index (χ3n) is 12.3. The number of hydrogen-bond acceptors (Lipinski definition) is 7. The zero-order chi connectivity index (χ0) is 57.8. The molecule has 3 aromatic heterocycles. The number of nitrogens with zero attached hydrogens (tertiary/aromatic N) is 6. The van der Waals surface area contributed by atoms with E-state index >= 15 is 0 Å². The summed E-state index contributed by atoms with van der Waals surface area (Å²) in [5.41, 5.74) is 3.89. The van der Waals surface area contributed by atoms with Crippen molar-refractivity contribution in [3.05, 3.63) is 190 Å². The lowest BCUT2D eigenvalue weighted by molar-refractivity contribution is -0.274. The van der Waals surface area contributed by atoms with Gasteiger partial charge in [-0.3, -0.25) is 15.0 Å². The van der Waals surface area contributed by atoms with E-state index in [0.29, 0.717) is 84.8 Å². The van der Waals surface area contributed by atoms with Crippen LogP contribution >= 0.6 is 23.2 Å². The predicted molar refractivity (Wildman–Crippen MR) is 283 cm³/mol. The highest BCUT2D eigenvalue weighted by Gasteiger charge is 2.33. The first-order chi connectivity index (χ1) is 37.9. The average Bonchev–Trinajstić information content (AvgIpc) is 3.44. The van der Waals surface area contributed by atoms with Crippen LogP contribution in [0.4, 0.5) is 75.3 Å². The second-order valence-corrected chi connectivity index (χ2v) is 18.6. The molecule has 9 rings (SSSR count). The standard InChI is InChI=1S/C19H17ClF3N3O.C18H15ClF3N3O2.C18H15F4N3O/c1-12-11-14(4-5-15(12)19(21,22)23)25-18(27)26-9-6-13(7-10-26)17-16(20)3-2-8-24-17;19-15-2-1-9-23-16(15)12-7-10-25(11-8-12)17(26)24-13-3-5-14(6-4-13)27-18(20,21)22;19-15-2-1-9-23-16(15)12-7-10-25(11-8-12)17(26)24-14-5-3-13(4-6-14)18(20,21)22/h2-6,8,11H,7,9-10H2,1H3,(H,25,27);1-7,9H,8,10-11H2,(H,24,26);1-7,9H,8,10-11H2,(H,24,26). The van der Waals surface area contributed by atoms with Crippen molar-refractivity contribution < 1.29 is 63.0 Å². The zero-order valence-corrected chi connectivity index (χ0v) is 43.5. The highest BCUT2D eigenvalue weighted by atomic mass is 35.5. The molecule has 0 atom stereocenters. The van der Waals surface area contributed by atoms with E-state index in [2.05, 4.69) is 35.6 Å². The van der Waals surface area contributed by atoms with Gasteiger partial charge in [0, 0.05) is 74.9 Å². The van der Waals surface area contributed by atoms with E-state index in [1.54, 1.807) is 52.5 Å². The van der Waals surface area contributed by atoms with Crippen molar-refractivity contribution in [2.24, 2.45) is 0 Å². The molecule has 3 aromatic carbocycles. The Hall–Kier alpha value is -8.18. The highest BCUT2D eigenvalue weighted by Crippen LogP contribution is 2.35. The summed E-state index contributed by atoms with van der Waals surface area (Å²) in [4.78, 5) is 54.1. The number of halogens is 12. The number of alkyl halides is 9. The van der Waals surface area contributed by atoms with Gasteiger partial charge in [0.25, 0.3) is 0 Å². The summed E-state index contributed by atoms with van der Waals surface area (Å²) >= 11 is 12.3. The van der Waals surface area contributed by atoms with Crippen LogP contribution in [0, 0.1) is 12.7 Å². The van der Waals surface area contributed by atoms with E-state index in [-0.39, 0.29) is 41.3 Å². The number of amides is 6. The second kappa shape index (κ2) is 26.2. The van der Waals surface area contributed by atoms with Crippen LogP contribution in [0.15, 0.2) is 140 Å². The molecule has 0 radical (unpaired) electrons. The van der Waals surface area contributed by atoms with Crippen molar-refractivity contribution >= 4 is 75.1 Å². The molecule has 0 fully saturated rings. The van der Waals surface area contributed by atoms with Gasteiger partial charge in [-0.25, -0.2) is 18.8 Å². The molecule has 0 bridgehead atoms. The fraction of sp³-hybridized carbons (Fsp3) is 0.236. The van der Waals surface area contributed by atoms with Gasteiger partial charge in [0.2, 0.25) is 0 Å². The molecule has 6 heterocycles. The summed E-state index contributed by atoms with van der Waals surface area (Å²) in [6.07, 6.45) is -1.63. The Kier molecular flexibility index (Phi) is 19.5. The molecule has 0 saturated heterocycles. The minimum Gasteiger partial charge on any atom is -0.406 e. The topological polar surface area (TPSA) is 145 Å². The maximum atomic E-state index is 13.8. The number of pyridine rings is 3. The molecule has 3 aliphatic rings. The minimum absolute atomic E-state index is 0.0610. The number of urea groups is 3. The molecule has 0 spiro atoms. The van der Waals surface area contributed by atoms with Gasteiger partial charge >= 0.3 is 36.8 Å². The number of aromatic nitrogens is 3. The molecular weight excluding hydrogens is 1110 g/mol. The minimum atomic E-state index is -4.75. The quantitative estimate of drug-likeness (QED) is 0.135. The Labute approximate surface area is 461 Å². The summed E-state index contributed by atoms with van der Waals surface area (Å²) in [6, 6.07) is 21.5. The van der Waals surface area contributed by atoms with Gasteiger partial charge in [0.05, 0.1) is 32.6 Å². The van der Waals surface area contributed by atoms with E-state index in [9.17, 15) is 58.3 Å². The predicted octanol–water partition coefficient (Wildman–Crippen LogP) is 14.9. The van der Waals surface area contributed by atoms with Crippen molar-refractivity contribution in [3.8, 4) is 5.75 Å². The third kappa shape index (κ3) is 16.7. The number of carbonyl (C=O) groups excluding carboxylic acids is 3. The Balaban J connectivity index is 0.000000173. The molecule has 25 heteroatoms. The monoisotopic (exact) mass is 1160 g/mol. The van der Waals surface area contributed by atoms with E-state index in [0.717, 1.165) is 47.1 Å². The number of aryl methyl sites for hydroxylation is 1. The van der Waals surface area contributed by atoms with Crippen LogP contribution in [0.25, 0.3) is 16.7 Å². The molecule has 13 nitrogen and oxygen atoms in total. The van der Waals surface area contributed by atoms with E-state index in [1.807, 2.05) is 12.2 Å². The van der Waals surface area contributed by atoms with Gasteiger partial charge in [0.1, 0.15) is 17.3 Å². The molecule has 6 aromatic rings. The third-order valence-corrected chi connectivity index (χ3v) is 12.9. The summed E-state index contributed by atoms with van der Waals surface area (Å²) in [5.74, 6) is -0.764. The van der Waals surface area contributed by atoms with Crippen molar-refractivity contribution in [3.63, 3.8) is 0 Å². The fourth-order valence-electron chi connectivity index (χ4n) is 8.22. The van der Waals surface area contributed by atoms with Gasteiger partial charge < -0.3 is 35.4 Å². The van der Waals surface area contributed by atoms with Crippen molar-refractivity contribution in [2.75, 3.05) is 55.2 Å². The smallest absolute Gasteiger partial charge is 0.406 e. The molecular formula is C55H47Cl2F10N9O4. The first-order valence-corrected chi connectivity index (χ1v) is 25.0. The molecule has 3 N–H and O–H groups in total. The number of ether oxygens (including phenoxy) is 1.